The molecule has 1 amide bonds. The van der Waals surface area contributed by atoms with Crippen molar-refractivity contribution in [2.24, 2.45) is 10.2 Å². The molecule has 9 nitrogen and oxygen atoms in total. The number of ether oxygens (including phenoxy) is 1. The maximum Gasteiger partial charge on any atom is 0.410 e. The van der Waals surface area contributed by atoms with Crippen LogP contribution in [0.25, 0.3) is 20.9 Å². The van der Waals surface area contributed by atoms with Crippen molar-refractivity contribution in [1.29, 1.82) is 0 Å². The average molecular weight is 253 g/mol. The third-order valence-corrected chi connectivity index (χ3v) is 2.31. The molecule has 0 aliphatic carbocycles. The van der Waals surface area contributed by atoms with Crippen LogP contribution in [-0.4, -0.2) is 41.8 Å². The SMILES string of the molecule is CC(C)(C)OC(=O)N1C[C@H](N=[N+]=[N-])[C@@H](N=[N+]=[N-])C1. The quantitative estimate of drug-likeness (QED) is 0.425. The number of nitrogens with zero attached hydrogens (tertiary/aromatic N) is 7. The number of likely N-dealkylation sites (tertiary alicyclic amines) is 1. The first kappa shape index (κ1) is 14.0. The van der Waals surface area contributed by atoms with E-state index in [0.29, 0.717) is 0 Å². The highest BCUT2D eigenvalue weighted by molar-refractivity contribution is 5.68. The van der Waals surface area contributed by atoms with Crippen LogP contribution in [0.15, 0.2) is 10.2 Å². The van der Waals surface area contributed by atoms with E-state index in [1.165, 1.54) is 4.90 Å². The third-order valence-electron chi connectivity index (χ3n) is 2.31. The topological polar surface area (TPSA) is 127 Å². The lowest BCUT2D eigenvalue weighted by molar-refractivity contribution is 0.0291. The first-order valence-corrected chi connectivity index (χ1v) is 5.43. The summed E-state index contributed by atoms with van der Waals surface area (Å²) in [5.74, 6) is 0. The standard InChI is InChI=1S/C9H15N7O2/c1-9(2,3)18-8(17)16-4-6(12-14-10)7(5-16)13-15-11/h6-7H,4-5H2,1-3H3/t6-,7-/m0/s1. The molecule has 1 rings (SSSR count). The Hall–Kier alpha value is -2.11. The second-order valence-electron chi connectivity index (χ2n) is 4.93. The number of carbonyl (C=O) groups is 1. The van der Waals surface area contributed by atoms with Crippen molar-refractivity contribution in [3.63, 3.8) is 0 Å². The van der Waals surface area contributed by atoms with Crippen LogP contribution in [-0.2, 0) is 4.74 Å². The molecule has 1 fully saturated rings. The van der Waals surface area contributed by atoms with E-state index >= 15 is 0 Å². The van der Waals surface area contributed by atoms with Crippen LogP contribution in [0.4, 0.5) is 4.79 Å². The van der Waals surface area contributed by atoms with E-state index in [-0.39, 0.29) is 13.1 Å². The predicted octanol–water partition coefficient (Wildman–Crippen LogP) is 2.59. The molecule has 0 N–H and O–H groups in total. The summed E-state index contributed by atoms with van der Waals surface area (Å²) in [6, 6.07) is -1.09. The number of hydrogen-bond donors (Lipinski definition) is 0. The fourth-order valence-corrected chi connectivity index (χ4v) is 1.60. The van der Waals surface area contributed by atoms with Gasteiger partial charge in [-0.3, -0.25) is 0 Å². The molecule has 1 aliphatic heterocycles. The number of hydrogen-bond acceptors (Lipinski definition) is 4. The molecule has 1 saturated heterocycles. The van der Waals surface area contributed by atoms with Gasteiger partial charge in [-0.05, 0) is 31.8 Å². The second-order valence-corrected chi connectivity index (χ2v) is 4.93. The van der Waals surface area contributed by atoms with E-state index in [1.807, 2.05) is 0 Å². The predicted molar refractivity (Wildman–Crippen MR) is 63.7 cm³/mol. The first-order valence-electron chi connectivity index (χ1n) is 5.43. The van der Waals surface area contributed by atoms with Crippen LogP contribution >= 0.6 is 0 Å². The molecule has 18 heavy (non-hydrogen) atoms. The molecule has 0 aromatic heterocycles. The zero-order valence-corrected chi connectivity index (χ0v) is 10.5. The van der Waals surface area contributed by atoms with Gasteiger partial charge in [0, 0.05) is 22.9 Å². The fraction of sp³-hybridized carbons (Fsp3) is 0.889. The Morgan fingerprint density at radius 1 is 1.22 bits per heavy atom. The minimum absolute atomic E-state index is 0.197. The van der Waals surface area contributed by atoms with E-state index in [0.717, 1.165) is 0 Å². The van der Waals surface area contributed by atoms with Gasteiger partial charge in [-0.1, -0.05) is 10.2 Å². The fourth-order valence-electron chi connectivity index (χ4n) is 1.60. The molecule has 0 aromatic rings. The van der Waals surface area contributed by atoms with Gasteiger partial charge in [0.1, 0.15) is 5.60 Å². The summed E-state index contributed by atoms with van der Waals surface area (Å²) < 4.78 is 5.19. The van der Waals surface area contributed by atoms with E-state index in [9.17, 15) is 4.79 Å². The molecule has 0 radical (unpaired) electrons. The van der Waals surface area contributed by atoms with E-state index in [2.05, 4.69) is 20.1 Å². The van der Waals surface area contributed by atoms with Crippen LogP contribution < -0.4 is 0 Å². The maximum absolute atomic E-state index is 11.8. The number of azide groups is 2. The minimum Gasteiger partial charge on any atom is -0.444 e. The molecule has 2 atom stereocenters. The number of carbonyl (C=O) groups excluding carboxylic acids is 1. The molecule has 9 heteroatoms. The van der Waals surface area contributed by atoms with E-state index in [1.54, 1.807) is 20.8 Å². The second kappa shape index (κ2) is 5.48. The van der Waals surface area contributed by atoms with Gasteiger partial charge in [0.25, 0.3) is 0 Å². The van der Waals surface area contributed by atoms with Gasteiger partial charge in [-0.2, -0.15) is 0 Å². The average Bonchev–Trinajstić information content (AvgIpc) is 2.61. The smallest absolute Gasteiger partial charge is 0.410 e. The Bertz CT molecular complexity index is 391. The normalized spacial score (nSPS) is 22.9. The highest BCUT2D eigenvalue weighted by Gasteiger charge is 2.36. The van der Waals surface area contributed by atoms with Crippen LogP contribution in [0.2, 0.25) is 0 Å². The molecular formula is C9H15N7O2. The Kier molecular flexibility index (Phi) is 4.25. The molecule has 1 aliphatic rings. The van der Waals surface area contributed by atoms with E-state index in [4.69, 9.17) is 15.8 Å². The lowest BCUT2D eigenvalue weighted by atomic mass is 10.2. The van der Waals surface area contributed by atoms with Crippen molar-refractivity contribution in [2.75, 3.05) is 13.1 Å². The van der Waals surface area contributed by atoms with Crippen molar-refractivity contribution in [3.05, 3.63) is 20.9 Å². The van der Waals surface area contributed by atoms with Crippen molar-refractivity contribution >= 4 is 6.09 Å². The summed E-state index contributed by atoms with van der Waals surface area (Å²) in [6.07, 6.45) is -0.503. The maximum atomic E-state index is 11.8. The van der Waals surface area contributed by atoms with Gasteiger partial charge in [0.05, 0.1) is 12.1 Å². The lowest BCUT2D eigenvalue weighted by Gasteiger charge is -2.24. The summed E-state index contributed by atoms with van der Waals surface area (Å²) in [4.78, 5) is 18.5. The van der Waals surface area contributed by atoms with Gasteiger partial charge in [0.2, 0.25) is 0 Å². The largest absolute Gasteiger partial charge is 0.444 e. The Balaban J connectivity index is 2.74. The zero-order chi connectivity index (χ0) is 13.8. The van der Waals surface area contributed by atoms with Crippen molar-refractivity contribution in [2.45, 2.75) is 38.5 Å². The Labute approximate surface area is 104 Å². The Morgan fingerprint density at radius 2 is 1.67 bits per heavy atom. The van der Waals surface area contributed by atoms with Crippen molar-refractivity contribution < 1.29 is 9.53 Å². The van der Waals surface area contributed by atoms with Crippen LogP contribution in [0.1, 0.15) is 20.8 Å². The molecule has 1 heterocycles. The molecular weight excluding hydrogens is 238 g/mol. The van der Waals surface area contributed by atoms with Crippen molar-refractivity contribution in [1.82, 2.24) is 4.90 Å². The summed E-state index contributed by atoms with van der Waals surface area (Å²) in [7, 11) is 0. The van der Waals surface area contributed by atoms with Crippen LogP contribution in [0.5, 0.6) is 0 Å². The lowest BCUT2D eigenvalue weighted by Crippen LogP contribution is -2.35. The monoisotopic (exact) mass is 253 g/mol. The molecule has 0 saturated carbocycles. The number of amides is 1. The van der Waals surface area contributed by atoms with Gasteiger partial charge >= 0.3 is 6.09 Å². The van der Waals surface area contributed by atoms with Gasteiger partial charge in [0.15, 0.2) is 0 Å². The van der Waals surface area contributed by atoms with Gasteiger partial charge < -0.3 is 9.64 Å². The molecule has 0 unspecified atom stereocenters. The third kappa shape index (κ3) is 3.73. The van der Waals surface area contributed by atoms with Gasteiger partial charge in [-0.25, -0.2) is 4.79 Å². The minimum atomic E-state index is -0.596. The highest BCUT2D eigenvalue weighted by Crippen LogP contribution is 2.20. The van der Waals surface area contributed by atoms with E-state index < -0.39 is 23.8 Å². The highest BCUT2D eigenvalue weighted by atomic mass is 16.6. The van der Waals surface area contributed by atoms with Gasteiger partial charge in [-0.15, -0.1) is 0 Å². The van der Waals surface area contributed by atoms with Crippen LogP contribution in [0, 0.1) is 0 Å². The van der Waals surface area contributed by atoms with Crippen molar-refractivity contribution in [3.8, 4) is 0 Å². The molecule has 0 aromatic carbocycles. The molecule has 0 spiro atoms. The number of rotatable bonds is 2. The summed E-state index contributed by atoms with van der Waals surface area (Å²) in [5.41, 5.74) is 16.2. The van der Waals surface area contributed by atoms with Crippen LogP contribution in [0.3, 0.4) is 0 Å². The summed E-state index contributed by atoms with van der Waals surface area (Å²) >= 11 is 0. The first-order chi connectivity index (χ1) is 8.37. The molecule has 0 bridgehead atoms. The Morgan fingerprint density at radius 3 is 2.00 bits per heavy atom. The zero-order valence-electron chi connectivity index (χ0n) is 10.5. The summed E-state index contributed by atoms with van der Waals surface area (Å²) in [5, 5.41) is 7.04. The molecule has 98 valence electrons. The summed E-state index contributed by atoms with van der Waals surface area (Å²) in [6.45, 7) is 5.68.